The number of aliphatic hydroxyl groups excluding tert-OH is 1. The topological polar surface area (TPSA) is 106 Å². The zero-order chi connectivity index (χ0) is 24.8. The summed E-state index contributed by atoms with van der Waals surface area (Å²) < 4.78 is 8.05. The molecule has 3 aromatic heterocycles. The highest BCUT2D eigenvalue weighted by molar-refractivity contribution is 7.17. The Morgan fingerprint density at radius 1 is 1.13 bits per heavy atom. The smallest absolute Gasteiger partial charge is 0.353 e. The maximum atomic E-state index is 13.4. The molecule has 1 saturated heterocycles. The van der Waals surface area contributed by atoms with E-state index in [-0.39, 0.29) is 32.4 Å². The fourth-order valence-electron chi connectivity index (χ4n) is 4.70. The lowest BCUT2D eigenvalue weighted by molar-refractivity contribution is -0.119. The number of carbonyl (C=O) groups is 1. The van der Waals surface area contributed by atoms with Gasteiger partial charge in [-0.25, -0.2) is 9.78 Å². The van der Waals surface area contributed by atoms with Crippen molar-refractivity contribution < 1.29 is 14.6 Å². The predicted octanol–water partition coefficient (Wildman–Crippen LogP) is 5.28. The lowest BCUT2D eigenvalue weighted by Crippen LogP contribution is -2.24. The summed E-state index contributed by atoms with van der Waals surface area (Å²) >= 11 is 1.31. The van der Waals surface area contributed by atoms with Gasteiger partial charge in [-0.3, -0.25) is 9.36 Å². The third-order valence-corrected chi connectivity index (χ3v) is 7.51. The minimum atomic E-state index is -0.444. The number of nitrogens with one attached hydrogen (secondary N) is 1. The van der Waals surface area contributed by atoms with Crippen LogP contribution in [0.2, 0.25) is 0 Å². The number of rotatable bonds is 5. The first-order valence-electron chi connectivity index (χ1n) is 11.6. The molecule has 2 aromatic carbocycles. The fourth-order valence-corrected chi connectivity index (χ4v) is 5.76. The molecule has 0 spiro atoms. The van der Waals surface area contributed by atoms with Gasteiger partial charge in [0.25, 0.3) is 0 Å². The number of hydrogen-bond donors (Lipinski definition) is 2. The Morgan fingerprint density at radius 3 is 2.63 bits per heavy atom. The minimum absolute atomic E-state index is 0. The highest BCUT2D eigenvalue weighted by atomic mass is 32.1. The zero-order valence-electron chi connectivity index (χ0n) is 19.4. The third kappa shape index (κ3) is 4.72. The number of nitrogens with zero attached hydrogens (tertiary/aromatic N) is 3. The molecule has 2 N–H and O–H groups in total. The van der Waals surface area contributed by atoms with Crippen molar-refractivity contribution in [2.75, 3.05) is 6.54 Å². The molecule has 196 valence electrons. The maximum absolute atomic E-state index is 13.4. The molecule has 0 bridgehead atoms. The number of carbonyl (C=O) groups excluding carboxylic acids is 1. The van der Waals surface area contributed by atoms with Gasteiger partial charge < -0.3 is 15.2 Å². The van der Waals surface area contributed by atoms with Crippen molar-refractivity contribution in [2.45, 2.75) is 34.6 Å². The fraction of sp³-hybridized carbons (Fsp3) is 0.241. The summed E-state index contributed by atoms with van der Waals surface area (Å²) in [4.78, 5) is 34.5. The number of hydrogen-bond acceptors (Lipinski definition) is 7. The Hall–Kier alpha value is -4.24. The molecule has 8 nitrogen and oxygen atoms in total. The van der Waals surface area contributed by atoms with Crippen molar-refractivity contribution in [2.24, 2.45) is 5.92 Å². The molecule has 9 heteroatoms. The van der Waals surface area contributed by atoms with Crippen LogP contribution in [0.15, 0.2) is 65.6 Å². The van der Waals surface area contributed by atoms with Crippen LogP contribution >= 0.6 is 11.3 Å². The standard InChI is InChI=1S/C27H22N4O4S.2CH4/c1-15-11-18(35-17-5-3-2-4-6-17)7-8-19(15)31-20-9-10-28-26-23(20)24(30-27(31)34)25(36-26)21(32)12-16-13-22(33)29-14-16;;/h2-11,16,32H,12-14H2,1H3,(H,29,33);2*1H4/t16-;;/m1../s1. The summed E-state index contributed by atoms with van der Waals surface area (Å²) in [5.74, 6) is 1.53. The molecule has 1 aliphatic heterocycles. The summed E-state index contributed by atoms with van der Waals surface area (Å²) in [6.07, 6.45) is 2.37. The Balaban J connectivity index is 0.00000168. The quantitative estimate of drug-likeness (QED) is 0.320. The van der Waals surface area contributed by atoms with E-state index in [0.29, 0.717) is 51.2 Å². The summed E-state index contributed by atoms with van der Waals surface area (Å²) in [7, 11) is 0. The van der Waals surface area contributed by atoms with E-state index in [9.17, 15) is 14.7 Å². The molecule has 1 amide bonds. The maximum Gasteiger partial charge on any atom is 0.353 e. The molecule has 4 heterocycles. The van der Waals surface area contributed by atoms with Crippen LogP contribution in [-0.4, -0.2) is 32.1 Å². The van der Waals surface area contributed by atoms with Gasteiger partial charge in [0.1, 0.15) is 27.6 Å². The normalized spacial score (nSPS) is 15.6. The van der Waals surface area contributed by atoms with E-state index in [1.54, 1.807) is 16.8 Å². The summed E-state index contributed by atoms with van der Waals surface area (Å²) in [5, 5.41) is 14.4. The largest absolute Gasteiger partial charge is 0.511 e. The molecule has 0 aliphatic carbocycles. The number of benzene rings is 2. The van der Waals surface area contributed by atoms with Gasteiger partial charge in [0.2, 0.25) is 5.91 Å². The number of para-hydroxylation sites is 1. The summed E-state index contributed by atoms with van der Waals surface area (Å²) in [6.45, 7) is 2.45. The van der Waals surface area contributed by atoms with Crippen LogP contribution in [0, 0.1) is 12.8 Å². The molecular formula is C29H30N4O4S. The van der Waals surface area contributed by atoms with E-state index < -0.39 is 5.69 Å². The second kappa shape index (κ2) is 10.6. The second-order valence-electron chi connectivity index (χ2n) is 8.91. The van der Waals surface area contributed by atoms with E-state index in [4.69, 9.17) is 4.74 Å². The number of aromatic nitrogens is 3. The van der Waals surface area contributed by atoms with Gasteiger partial charge in [-0.1, -0.05) is 33.1 Å². The van der Waals surface area contributed by atoms with E-state index >= 15 is 0 Å². The van der Waals surface area contributed by atoms with Gasteiger partial charge in [-0.15, -0.1) is 11.3 Å². The highest BCUT2D eigenvalue weighted by Crippen LogP contribution is 2.30. The van der Waals surface area contributed by atoms with Gasteiger partial charge in [0, 0.05) is 25.6 Å². The Bertz CT molecular complexity index is 1740. The molecule has 1 fully saturated rings. The van der Waals surface area contributed by atoms with Crippen LogP contribution in [0.3, 0.4) is 0 Å². The van der Waals surface area contributed by atoms with Crippen LogP contribution in [-0.2, 0) is 4.79 Å². The van der Waals surface area contributed by atoms with Crippen LogP contribution in [0.1, 0.15) is 33.3 Å². The third-order valence-electron chi connectivity index (χ3n) is 6.38. The number of aliphatic hydroxyl groups is 1. The van der Waals surface area contributed by atoms with Crippen molar-refractivity contribution in [3.05, 3.63) is 81.4 Å². The number of aryl methyl sites for hydroxylation is 1. The van der Waals surface area contributed by atoms with Crippen molar-refractivity contribution >= 4 is 44.3 Å². The molecule has 38 heavy (non-hydrogen) atoms. The number of ether oxygens (including phenoxy) is 1. The first kappa shape index (κ1) is 26.8. The molecule has 1 atom stereocenters. The van der Waals surface area contributed by atoms with E-state index in [1.165, 1.54) is 11.3 Å². The Morgan fingerprint density at radius 2 is 1.92 bits per heavy atom. The highest BCUT2D eigenvalue weighted by Gasteiger charge is 2.24. The van der Waals surface area contributed by atoms with E-state index in [0.717, 1.165) is 16.7 Å². The molecule has 6 rings (SSSR count). The van der Waals surface area contributed by atoms with Crippen molar-refractivity contribution in [1.29, 1.82) is 0 Å². The van der Waals surface area contributed by atoms with Gasteiger partial charge in [0.15, 0.2) is 0 Å². The van der Waals surface area contributed by atoms with Crippen LogP contribution < -0.4 is 20.3 Å². The predicted molar refractivity (Wildman–Crippen MR) is 152 cm³/mol. The first-order chi connectivity index (χ1) is 17.5. The average Bonchev–Trinajstić information content (AvgIpc) is 3.44. The van der Waals surface area contributed by atoms with Crippen LogP contribution in [0.4, 0.5) is 0 Å². The number of pyridine rings is 1. The van der Waals surface area contributed by atoms with E-state index in [1.807, 2.05) is 55.5 Å². The number of thiophene rings is 1. The Kier molecular flexibility index (Phi) is 7.50. The van der Waals surface area contributed by atoms with Gasteiger partial charge in [-0.05, 0) is 54.8 Å². The lowest BCUT2D eigenvalue weighted by Gasteiger charge is -2.14. The zero-order valence-corrected chi connectivity index (χ0v) is 20.2. The number of amides is 1. The minimum Gasteiger partial charge on any atom is -0.511 e. The van der Waals surface area contributed by atoms with Crippen molar-refractivity contribution in [3.8, 4) is 17.2 Å². The molecule has 5 aromatic rings. The summed E-state index contributed by atoms with van der Waals surface area (Å²) in [6, 6.07) is 16.9. The lowest BCUT2D eigenvalue weighted by atomic mass is 10.0. The monoisotopic (exact) mass is 530 g/mol. The SMILES string of the molecule is C.C.Cc1cc(Oc2ccccc2)ccc1-n1c(=O)nc2c(=C(O)C[C@H]3CNC(=O)C3)sc3nccc1c32. The first-order valence-corrected chi connectivity index (χ1v) is 12.4. The summed E-state index contributed by atoms with van der Waals surface area (Å²) in [5.41, 5.74) is 2.21. The molecule has 0 unspecified atom stereocenters. The molecule has 1 aliphatic rings. The molecular weight excluding hydrogens is 500 g/mol. The van der Waals surface area contributed by atoms with E-state index in [2.05, 4.69) is 15.3 Å². The second-order valence-corrected chi connectivity index (χ2v) is 9.91. The molecule has 0 saturated carbocycles. The van der Waals surface area contributed by atoms with Gasteiger partial charge >= 0.3 is 5.69 Å². The molecule has 0 radical (unpaired) electrons. The van der Waals surface area contributed by atoms with Crippen LogP contribution in [0.25, 0.3) is 32.7 Å². The van der Waals surface area contributed by atoms with Gasteiger partial charge in [0.05, 0.1) is 21.1 Å². The van der Waals surface area contributed by atoms with Crippen LogP contribution in [0.5, 0.6) is 11.5 Å². The van der Waals surface area contributed by atoms with Crippen molar-refractivity contribution in [3.63, 3.8) is 0 Å². The van der Waals surface area contributed by atoms with Crippen molar-refractivity contribution in [1.82, 2.24) is 19.9 Å². The van der Waals surface area contributed by atoms with Gasteiger partial charge in [-0.2, -0.15) is 4.98 Å². The Labute approximate surface area is 224 Å². The average molecular weight is 531 g/mol.